The zero-order valence-electron chi connectivity index (χ0n) is 15.4. The molecule has 2 aromatic rings. The fourth-order valence-corrected chi connectivity index (χ4v) is 2.46. The van der Waals surface area contributed by atoms with Crippen molar-refractivity contribution in [3.05, 3.63) is 51.9 Å². The predicted octanol–water partition coefficient (Wildman–Crippen LogP) is 1.94. The summed E-state index contributed by atoms with van der Waals surface area (Å²) in [7, 11) is 1.51. The Morgan fingerprint density at radius 2 is 1.85 bits per heavy atom. The van der Waals surface area contributed by atoms with Gasteiger partial charge in [-0.25, -0.2) is 4.68 Å². The number of amides is 1. The Kier molecular flexibility index (Phi) is 7.20. The molecular formula is C19H25N3O4. The van der Waals surface area contributed by atoms with E-state index in [9.17, 15) is 9.59 Å². The van der Waals surface area contributed by atoms with Crippen LogP contribution in [-0.4, -0.2) is 35.4 Å². The molecule has 2 rings (SSSR count). The van der Waals surface area contributed by atoms with Gasteiger partial charge in [-0.1, -0.05) is 6.07 Å². The van der Waals surface area contributed by atoms with Crippen LogP contribution in [0, 0.1) is 0 Å². The number of benzene rings is 1. The summed E-state index contributed by atoms with van der Waals surface area (Å²) in [5.74, 6) is 1.19. The molecule has 7 heteroatoms. The summed E-state index contributed by atoms with van der Waals surface area (Å²) in [5.41, 5.74) is 1.10. The molecule has 140 valence electrons. The molecule has 1 aromatic carbocycles. The monoisotopic (exact) mass is 359 g/mol. The molecule has 1 amide bonds. The first-order chi connectivity index (χ1) is 12.5. The van der Waals surface area contributed by atoms with Gasteiger partial charge in [0.2, 0.25) is 0 Å². The molecule has 0 saturated carbocycles. The summed E-state index contributed by atoms with van der Waals surface area (Å²) in [6.45, 7) is 5.55. The Bertz CT molecular complexity index is 802. The van der Waals surface area contributed by atoms with E-state index in [1.54, 1.807) is 0 Å². The van der Waals surface area contributed by atoms with Crippen LogP contribution >= 0.6 is 0 Å². The van der Waals surface area contributed by atoms with Crippen molar-refractivity contribution in [1.82, 2.24) is 15.1 Å². The van der Waals surface area contributed by atoms with Crippen molar-refractivity contribution in [3.8, 4) is 11.5 Å². The number of nitrogens with zero attached hydrogens (tertiary/aromatic N) is 2. The molecule has 0 fully saturated rings. The van der Waals surface area contributed by atoms with Crippen molar-refractivity contribution in [1.29, 1.82) is 0 Å². The molecule has 0 atom stereocenters. The summed E-state index contributed by atoms with van der Waals surface area (Å²) in [6, 6.07) is 8.65. The van der Waals surface area contributed by atoms with Crippen molar-refractivity contribution in [2.45, 2.75) is 26.7 Å². The van der Waals surface area contributed by atoms with E-state index in [2.05, 4.69) is 10.4 Å². The minimum atomic E-state index is -0.290. The topological polar surface area (TPSA) is 82.5 Å². The SMILES string of the molecule is CCOc1ccc(CCCNC(=O)c2ccc(=O)n(C)n2)cc1OCC. The number of aromatic nitrogens is 2. The molecule has 0 unspecified atom stereocenters. The van der Waals surface area contributed by atoms with Crippen molar-refractivity contribution in [2.75, 3.05) is 19.8 Å². The highest BCUT2D eigenvalue weighted by Crippen LogP contribution is 2.28. The van der Waals surface area contributed by atoms with Crippen LogP contribution in [0.15, 0.2) is 35.1 Å². The van der Waals surface area contributed by atoms with Gasteiger partial charge in [-0.05, 0) is 50.5 Å². The number of carbonyl (C=O) groups excluding carboxylic acids is 1. The molecule has 26 heavy (non-hydrogen) atoms. The Morgan fingerprint density at radius 1 is 1.12 bits per heavy atom. The van der Waals surface area contributed by atoms with E-state index in [0.29, 0.717) is 19.8 Å². The molecule has 1 aromatic heterocycles. The third-order valence-corrected chi connectivity index (χ3v) is 3.73. The van der Waals surface area contributed by atoms with E-state index in [1.807, 2.05) is 32.0 Å². The molecule has 0 spiro atoms. The molecule has 7 nitrogen and oxygen atoms in total. The summed E-state index contributed by atoms with van der Waals surface area (Å²) >= 11 is 0. The molecule has 0 bridgehead atoms. The molecular weight excluding hydrogens is 334 g/mol. The van der Waals surface area contributed by atoms with Crippen molar-refractivity contribution < 1.29 is 14.3 Å². The van der Waals surface area contributed by atoms with E-state index in [4.69, 9.17) is 9.47 Å². The van der Waals surface area contributed by atoms with E-state index in [0.717, 1.165) is 34.6 Å². The number of hydrogen-bond donors (Lipinski definition) is 1. The van der Waals surface area contributed by atoms with Gasteiger partial charge in [0.25, 0.3) is 11.5 Å². The van der Waals surface area contributed by atoms with Gasteiger partial charge in [0.05, 0.1) is 13.2 Å². The van der Waals surface area contributed by atoms with Gasteiger partial charge in [0, 0.05) is 19.7 Å². The van der Waals surface area contributed by atoms with Gasteiger partial charge in [-0.3, -0.25) is 9.59 Å². The molecule has 1 N–H and O–H groups in total. The maximum Gasteiger partial charge on any atom is 0.271 e. The molecule has 0 radical (unpaired) electrons. The fraction of sp³-hybridized carbons (Fsp3) is 0.421. The second-order valence-electron chi connectivity index (χ2n) is 5.69. The largest absolute Gasteiger partial charge is 0.490 e. The average Bonchev–Trinajstić information content (AvgIpc) is 2.63. The van der Waals surface area contributed by atoms with Crippen LogP contribution in [0.4, 0.5) is 0 Å². The first-order valence-corrected chi connectivity index (χ1v) is 8.76. The predicted molar refractivity (Wildman–Crippen MR) is 98.9 cm³/mol. The standard InChI is InChI=1S/C19H25N3O4/c1-4-25-16-10-8-14(13-17(16)26-5-2)7-6-12-20-19(24)15-9-11-18(23)22(3)21-15/h8-11,13H,4-7,12H2,1-3H3,(H,20,24). The normalized spacial score (nSPS) is 10.4. The van der Waals surface area contributed by atoms with E-state index in [-0.39, 0.29) is 17.2 Å². The highest BCUT2D eigenvalue weighted by Gasteiger charge is 2.09. The zero-order chi connectivity index (χ0) is 18.9. The van der Waals surface area contributed by atoms with Crippen LogP contribution in [-0.2, 0) is 13.5 Å². The number of rotatable bonds is 9. The highest BCUT2D eigenvalue weighted by molar-refractivity contribution is 5.91. The van der Waals surface area contributed by atoms with Gasteiger partial charge in [0.1, 0.15) is 5.69 Å². The first kappa shape index (κ1) is 19.5. The highest BCUT2D eigenvalue weighted by atomic mass is 16.5. The van der Waals surface area contributed by atoms with Gasteiger partial charge in [-0.15, -0.1) is 0 Å². The zero-order valence-corrected chi connectivity index (χ0v) is 15.4. The van der Waals surface area contributed by atoms with Gasteiger partial charge in [0.15, 0.2) is 11.5 Å². The number of aryl methyl sites for hydroxylation is 2. The van der Waals surface area contributed by atoms with Crippen LogP contribution in [0.3, 0.4) is 0 Å². The lowest BCUT2D eigenvalue weighted by atomic mass is 10.1. The van der Waals surface area contributed by atoms with Crippen LogP contribution in [0.1, 0.15) is 36.3 Å². The number of nitrogens with one attached hydrogen (secondary N) is 1. The Balaban J connectivity index is 1.87. The number of hydrogen-bond acceptors (Lipinski definition) is 5. The maximum absolute atomic E-state index is 12.0. The van der Waals surface area contributed by atoms with Gasteiger partial charge < -0.3 is 14.8 Å². The third kappa shape index (κ3) is 5.34. The number of ether oxygens (including phenoxy) is 2. The molecule has 0 saturated heterocycles. The van der Waals surface area contributed by atoms with Crippen LogP contribution in [0.5, 0.6) is 11.5 Å². The third-order valence-electron chi connectivity index (χ3n) is 3.73. The summed E-state index contributed by atoms with van der Waals surface area (Å²) in [6.07, 6.45) is 1.57. The van der Waals surface area contributed by atoms with Crippen molar-refractivity contribution >= 4 is 5.91 Å². The first-order valence-electron chi connectivity index (χ1n) is 8.76. The van der Waals surface area contributed by atoms with Crippen molar-refractivity contribution in [2.24, 2.45) is 7.05 Å². The van der Waals surface area contributed by atoms with E-state index < -0.39 is 0 Å². The Morgan fingerprint density at radius 3 is 2.54 bits per heavy atom. The summed E-state index contributed by atoms with van der Waals surface area (Å²) in [4.78, 5) is 23.3. The van der Waals surface area contributed by atoms with E-state index in [1.165, 1.54) is 19.2 Å². The van der Waals surface area contributed by atoms with Gasteiger partial charge in [-0.2, -0.15) is 5.10 Å². The Labute approximate surface area is 152 Å². The van der Waals surface area contributed by atoms with Crippen LogP contribution < -0.4 is 20.3 Å². The van der Waals surface area contributed by atoms with Crippen molar-refractivity contribution in [3.63, 3.8) is 0 Å². The quantitative estimate of drug-likeness (QED) is 0.692. The molecule has 1 heterocycles. The summed E-state index contributed by atoms with van der Waals surface area (Å²) in [5, 5.41) is 6.75. The fourth-order valence-electron chi connectivity index (χ4n) is 2.46. The maximum atomic E-state index is 12.0. The smallest absolute Gasteiger partial charge is 0.271 e. The van der Waals surface area contributed by atoms with E-state index >= 15 is 0 Å². The second kappa shape index (κ2) is 9.60. The number of carbonyl (C=O) groups is 1. The van der Waals surface area contributed by atoms with Gasteiger partial charge >= 0.3 is 0 Å². The lowest BCUT2D eigenvalue weighted by molar-refractivity contribution is 0.0946. The minimum absolute atomic E-state index is 0.229. The lowest BCUT2D eigenvalue weighted by Crippen LogP contribution is -2.29. The lowest BCUT2D eigenvalue weighted by Gasteiger charge is -2.12. The van der Waals surface area contributed by atoms with Crippen LogP contribution in [0.25, 0.3) is 0 Å². The summed E-state index contributed by atoms with van der Waals surface area (Å²) < 4.78 is 12.3. The molecule has 0 aliphatic heterocycles. The molecule has 0 aliphatic carbocycles. The second-order valence-corrected chi connectivity index (χ2v) is 5.69. The Hall–Kier alpha value is -2.83. The van der Waals surface area contributed by atoms with Crippen LogP contribution in [0.2, 0.25) is 0 Å². The average molecular weight is 359 g/mol. The minimum Gasteiger partial charge on any atom is -0.490 e. The molecule has 0 aliphatic rings.